The fourth-order valence-corrected chi connectivity index (χ4v) is 3.42. The summed E-state index contributed by atoms with van der Waals surface area (Å²) in [5.74, 6) is 0.797. The first kappa shape index (κ1) is 12.7. The highest BCUT2D eigenvalue weighted by Gasteiger charge is 2.11. The summed E-state index contributed by atoms with van der Waals surface area (Å²) >= 11 is 6.53. The van der Waals surface area contributed by atoms with E-state index in [2.05, 4.69) is 41.4 Å². The summed E-state index contributed by atoms with van der Waals surface area (Å²) in [5, 5.41) is 13.0. The first-order valence-corrected chi connectivity index (χ1v) is 7.35. The van der Waals surface area contributed by atoms with Crippen molar-refractivity contribution in [1.82, 2.24) is 20.2 Å². The summed E-state index contributed by atoms with van der Waals surface area (Å²) in [5.41, 5.74) is 0. The number of rotatable bonds is 4. The van der Waals surface area contributed by atoms with Gasteiger partial charge in [-0.05, 0) is 41.5 Å². The largest absolute Gasteiger partial charge is 0.369 e. The summed E-state index contributed by atoms with van der Waals surface area (Å²) in [7, 11) is 0. The minimum Gasteiger partial charge on any atom is -0.369 e. The van der Waals surface area contributed by atoms with Crippen LogP contribution in [0.3, 0.4) is 0 Å². The number of anilines is 1. The molecule has 90 valence electrons. The number of nitrogens with zero attached hydrogens (tertiary/aromatic N) is 4. The van der Waals surface area contributed by atoms with Crippen LogP contribution in [0, 0.1) is 6.92 Å². The van der Waals surface area contributed by atoms with Crippen LogP contribution in [0.4, 0.5) is 5.82 Å². The van der Waals surface area contributed by atoms with E-state index in [4.69, 9.17) is 0 Å². The first-order chi connectivity index (χ1) is 8.20. The molecule has 0 saturated carbocycles. The summed E-state index contributed by atoms with van der Waals surface area (Å²) < 4.78 is 1.74. The molecular formula is C9H10BrN5S2. The molecule has 0 bridgehead atoms. The molecule has 0 spiro atoms. The van der Waals surface area contributed by atoms with E-state index in [1.54, 1.807) is 17.7 Å². The molecular weight excluding hydrogens is 322 g/mol. The van der Waals surface area contributed by atoms with E-state index in [0.717, 1.165) is 31.2 Å². The van der Waals surface area contributed by atoms with Crippen molar-refractivity contribution in [3.63, 3.8) is 0 Å². The van der Waals surface area contributed by atoms with Gasteiger partial charge in [-0.15, -0.1) is 10.2 Å². The molecule has 0 atom stereocenters. The molecule has 17 heavy (non-hydrogen) atoms. The zero-order chi connectivity index (χ0) is 12.3. The summed E-state index contributed by atoms with van der Waals surface area (Å²) in [6.07, 6.45) is 1.54. The second-order valence-corrected chi connectivity index (χ2v) is 6.27. The lowest BCUT2D eigenvalue weighted by Gasteiger charge is -2.06. The third kappa shape index (κ3) is 3.14. The maximum absolute atomic E-state index is 4.23. The molecule has 1 N–H and O–H groups in total. The van der Waals surface area contributed by atoms with Gasteiger partial charge in [-0.2, -0.15) is 0 Å². The van der Waals surface area contributed by atoms with Gasteiger partial charge in [-0.25, -0.2) is 9.97 Å². The van der Waals surface area contributed by atoms with Crippen molar-refractivity contribution in [2.24, 2.45) is 0 Å². The first-order valence-electron chi connectivity index (χ1n) is 4.93. The molecule has 0 aliphatic carbocycles. The maximum atomic E-state index is 4.23. The van der Waals surface area contributed by atoms with E-state index in [1.165, 1.54) is 11.8 Å². The molecule has 0 unspecified atom stereocenters. The van der Waals surface area contributed by atoms with E-state index in [1.807, 2.05) is 13.8 Å². The van der Waals surface area contributed by atoms with Gasteiger partial charge in [0.05, 0.1) is 4.47 Å². The summed E-state index contributed by atoms with van der Waals surface area (Å²) in [6, 6.07) is 0. The van der Waals surface area contributed by atoms with Gasteiger partial charge in [0.2, 0.25) is 0 Å². The minimum absolute atomic E-state index is 0.797. The van der Waals surface area contributed by atoms with E-state index >= 15 is 0 Å². The molecule has 0 aliphatic heterocycles. The molecule has 0 radical (unpaired) electrons. The van der Waals surface area contributed by atoms with Crippen LogP contribution in [0.5, 0.6) is 0 Å². The van der Waals surface area contributed by atoms with Crippen molar-refractivity contribution in [3.05, 3.63) is 15.8 Å². The van der Waals surface area contributed by atoms with Crippen molar-refractivity contribution >= 4 is 44.8 Å². The lowest BCUT2D eigenvalue weighted by Crippen LogP contribution is -2.01. The Hall–Kier alpha value is -0.730. The van der Waals surface area contributed by atoms with Crippen LogP contribution < -0.4 is 5.32 Å². The number of aryl methyl sites for hydroxylation is 1. The molecule has 8 heteroatoms. The van der Waals surface area contributed by atoms with Gasteiger partial charge < -0.3 is 5.32 Å². The molecule has 2 aromatic heterocycles. The zero-order valence-corrected chi connectivity index (χ0v) is 12.5. The number of aromatic nitrogens is 4. The van der Waals surface area contributed by atoms with Crippen LogP contribution in [0.25, 0.3) is 0 Å². The molecule has 2 heterocycles. The zero-order valence-electron chi connectivity index (χ0n) is 9.27. The van der Waals surface area contributed by atoms with Crippen molar-refractivity contribution in [2.45, 2.75) is 23.2 Å². The predicted molar refractivity (Wildman–Crippen MR) is 72.7 cm³/mol. The second-order valence-electron chi connectivity index (χ2n) is 3.06. The molecule has 5 nitrogen and oxygen atoms in total. The predicted octanol–water partition coefficient (Wildman–Crippen LogP) is 2.98. The number of hydrogen-bond donors (Lipinski definition) is 1. The van der Waals surface area contributed by atoms with Crippen LogP contribution in [-0.2, 0) is 0 Å². The Balaban J connectivity index is 2.23. The minimum atomic E-state index is 0.797. The molecule has 0 aromatic carbocycles. The SMILES string of the molecule is CCNc1ncnc(Sc2nnc(C)s2)c1Br. The van der Waals surface area contributed by atoms with Crippen LogP contribution in [-0.4, -0.2) is 26.7 Å². The van der Waals surface area contributed by atoms with Gasteiger partial charge in [0, 0.05) is 6.54 Å². The second kappa shape index (κ2) is 5.74. The number of halogens is 1. The molecule has 0 saturated heterocycles. The van der Waals surface area contributed by atoms with Gasteiger partial charge in [0.15, 0.2) is 4.34 Å². The Bertz CT molecular complexity index is 516. The van der Waals surface area contributed by atoms with Gasteiger partial charge in [-0.1, -0.05) is 11.3 Å². The van der Waals surface area contributed by atoms with Crippen LogP contribution in [0.2, 0.25) is 0 Å². The van der Waals surface area contributed by atoms with Gasteiger partial charge in [0.1, 0.15) is 22.2 Å². The normalized spacial score (nSPS) is 10.5. The highest BCUT2D eigenvalue weighted by molar-refractivity contribution is 9.10. The number of nitrogens with one attached hydrogen (secondary N) is 1. The Morgan fingerprint density at radius 2 is 2.24 bits per heavy atom. The third-order valence-corrected chi connectivity index (χ3v) is 4.70. The Kier molecular flexibility index (Phi) is 4.30. The van der Waals surface area contributed by atoms with E-state index < -0.39 is 0 Å². The Morgan fingerprint density at radius 1 is 1.41 bits per heavy atom. The van der Waals surface area contributed by atoms with Crippen molar-refractivity contribution in [2.75, 3.05) is 11.9 Å². The lowest BCUT2D eigenvalue weighted by atomic mass is 10.5. The quantitative estimate of drug-likeness (QED) is 0.869. The van der Waals surface area contributed by atoms with Crippen molar-refractivity contribution in [1.29, 1.82) is 0 Å². The molecule has 2 rings (SSSR count). The molecule has 2 aromatic rings. The summed E-state index contributed by atoms with van der Waals surface area (Å²) in [4.78, 5) is 8.39. The Morgan fingerprint density at radius 3 is 2.88 bits per heavy atom. The maximum Gasteiger partial charge on any atom is 0.180 e. The topological polar surface area (TPSA) is 63.6 Å². The highest BCUT2D eigenvalue weighted by Crippen LogP contribution is 2.35. The van der Waals surface area contributed by atoms with Crippen molar-refractivity contribution < 1.29 is 0 Å². The standard InChI is InChI=1S/C9H10BrN5S2/c1-3-11-7-6(10)8(13-4-12-7)17-9-15-14-5(2)16-9/h4H,3H2,1-2H3,(H,11,12,13). The fourth-order valence-electron chi connectivity index (χ4n) is 1.12. The average Bonchev–Trinajstić information content (AvgIpc) is 2.70. The third-order valence-electron chi connectivity index (χ3n) is 1.79. The monoisotopic (exact) mass is 331 g/mol. The Labute approximate surface area is 116 Å². The van der Waals surface area contributed by atoms with Crippen LogP contribution in [0.1, 0.15) is 11.9 Å². The average molecular weight is 332 g/mol. The molecule has 0 fully saturated rings. The van der Waals surface area contributed by atoms with Gasteiger partial charge in [0.25, 0.3) is 0 Å². The van der Waals surface area contributed by atoms with Gasteiger partial charge in [-0.3, -0.25) is 0 Å². The molecule has 0 aliphatic rings. The summed E-state index contributed by atoms with van der Waals surface area (Å²) in [6.45, 7) is 4.77. The smallest absolute Gasteiger partial charge is 0.180 e. The number of hydrogen-bond acceptors (Lipinski definition) is 7. The van der Waals surface area contributed by atoms with Crippen LogP contribution in [0.15, 0.2) is 20.2 Å². The molecule has 0 amide bonds. The van der Waals surface area contributed by atoms with E-state index in [-0.39, 0.29) is 0 Å². The highest BCUT2D eigenvalue weighted by atomic mass is 79.9. The van der Waals surface area contributed by atoms with Crippen LogP contribution >= 0.6 is 39.0 Å². The van der Waals surface area contributed by atoms with Crippen molar-refractivity contribution in [3.8, 4) is 0 Å². The fraction of sp³-hybridized carbons (Fsp3) is 0.333. The van der Waals surface area contributed by atoms with E-state index in [9.17, 15) is 0 Å². The lowest BCUT2D eigenvalue weighted by molar-refractivity contribution is 0.972. The van der Waals surface area contributed by atoms with E-state index in [0.29, 0.717) is 0 Å². The van der Waals surface area contributed by atoms with Gasteiger partial charge >= 0.3 is 0 Å².